The molecule has 0 atom stereocenters. The van der Waals surface area contributed by atoms with Gasteiger partial charge in [0, 0.05) is 17.0 Å². The Hall–Kier alpha value is -2.36. The van der Waals surface area contributed by atoms with Crippen LogP contribution in [0.3, 0.4) is 0 Å². The summed E-state index contributed by atoms with van der Waals surface area (Å²) in [6, 6.07) is 4.35. The zero-order valence-corrected chi connectivity index (χ0v) is 26.3. The van der Waals surface area contributed by atoms with E-state index in [1.165, 1.54) is 0 Å². The van der Waals surface area contributed by atoms with Crippen LogP contribution in [0, 0.1) is 5.41 Å². The molecule has 0 bridgehead atoms. The number of benzene rings is 2. The number of hydrogen-bond donors (Lipinski definition) is 4. The van der Waals surface area contributed by atoms with Crippen LogP contribution in [-0.2, 0) is 21.7 Å². The van der Waals surface area contributed by atoms with E-state index in [1.54, 1.807) is 0 Å². The minimum atomic E-state index is -0.311. The Balaban J connectivity index is 3.30. The molecular formula is C33H54N2O2. The van der Waals surface area contributed by atoms with Crippen molar-refractivity contribution in [2.45, 2.75) is 131 Å². The molecule has 6 N–H and O–H groups in total. The van der Waals surface area contributed by atoms with E-state index in [1.807, 2.05) is 0 Å². The van der Waals surface area contributed by atoms with E-state index in [0.29, 0.717) is 11.4 Å². The molecule has 4 heteroatoms. The van der Waals surface area contributed by atoms with Crippen LogP contribution in [-0.4, -0.2) is 10.2 Å². The highest BCUT2D eigenvalue weighted by molar-refractivity contribution is 5.72. The van der Waals surface area contributed by atoms with Gasteiger partial charge >= 0.3 is 0 Å². The first-order valence-electron chi connectivity index (χ1n) is 13.5. The largest absolute Gasteiger partial charge is 0.505 e. The molecule has 0 fully saturated rings. The molecular weight excluding hydrogens is 456 g/mol. The molecule has 0 saturated carbocycles. The van der Waals surface area contributed by atoms with Crippen LogP contribution in [0.2, 0.25) is 0 Å². The van der Waals surface area contributed by atoms with Crippen molar-refractivity contribution in [2.24, 2.45) is 5.41 Å². The Kier molecular flexibility index (Phi) is 7.62. The molecule has 2 aromatic rings. The van der Waals surface area contributed by atoms with Crippen molar-refractivity contribution in [1.29, 1.82) is 0 Å². The van der Waals surface area contributed by atoms with Gasteiger partial charge < -0.3 is 21.7 Å². The maximum absolute atomic E-state index is 11.3. The second-order valence-electron chi connectivity index (χ2n) is 16.1. The van der Waals surface area contributed by atoms with Gasteiger partial charge in [0.25, 0.3) is 0 Å². The third kappa shape index (κ3) is 5.89. The molecule has 0 spiro atoms. The zero-order valence-electron chi connectivity index (χ0n) is 26.3. The van der Waals surface area contributed by atoms with Gasteiger partial charge in [-0.05, 0) is 49.3 Å². The minimum absolute atomic E-state index is 0.0936. The Morgan fingerprint density at radius 3 is 0.973 bits per heavy atom. The highest BCUT2D eigenvalue weighted by Crippen LogP contribution is 2.54. The molecule has 0 aliphatic carbocycles. The average molecular weight is 511 g/mol. The first-order chi connectivity index (χ1) is 16.2. The van der Waals surface area contributed by atoms with Gasteiger partial charge in [-0.1, -0.05) is 116 Å². The lowest BCUT2D eigenvalue weighted by atomic mass is 9.63. The first-order valence-corrected chi connectivity index (χ1v) is 13.5. The molecule has 4 nitrogen and oxygen atoms in total. The first kappa shape index (κ1) is 30.9. The lowest BCUT2D eigenvalue weighted by Crippen LogP contribution is -2.30. The van der Waals surface area contributed by atoms with Gasteiger partial charge in [-0.15, -0.1) is 0 Å². The molecule has 0 heterocycles. The Morgan fingerprint density at radius 2 is 0.784 bits per heavy atom. The van der Waals surface area contributed by atoms with Crippen molar-refractivity contribution in [1.82, 2.24) is 0 Å². The van der Waals surface area contributed by atoms with Crippen molar-refractivity contribution in [3.05, 3.63) is 45.5 Å². The van der Waals surface area contributed by atoms with Crippen LogP contribution in [0.5, 0.6) is 11.5 Å². The summed E-state index contributed by atoms with van der Waals surface area (Å²) in [5.41, 5.74) is 18.8. The van der Waals surface area contributed by atoms with Gasteiger partial charge in [-0.2, -0.15) is 0 Å². The standard InChI is InChI=1S/C33H54N2O2/c1-29(2,3)20-16-18(23(32(10,11)12)25(34)27(20)36)22(31(7,8)9)19-17-21(30(4,5)6)28(37)26(35)24(19)33(13,14)15/h16-17,22,36-37H,34-35H2,1-15H3. The van der Waals surface area contributed by atoms with E-state index in [-0.39, 0.29) is 44.5 Å². The number of nitrogens with two attached hydrogens (primary N) is 2. The molecule has 0 saturated heterocycles. The van der Waals surface area contributed by atoms with Crippen LogP contribution in [0.15, 0.2) is 12.1 Å². The number of phenolic OH excluding ortho intramolecular Hbond substituents is 2. The fraction of sp³-hybridized carbons (Fsp3) is 0.636. The van der Waals surface area contributed by atoms with E-state index < -0.39 is 0 Å². The summed E-state index contributed by atoms with van der Waals surface area (Å²) in [6.45, 7) is 32.2. The summed E-state index contributed by atoms with van der Waals surface area (Å²) < 4.78 is 0. The average Bonchev–Trinajstić information content (AvgIpc) is 2.62. The van der Waals surface area contributed by atoms with Gasteiger partial charge in [0.2, 0.25) is 0 Å². The van der Waals surface area contributed by atoms with Crippen molar-refractivity contribution in [3.63, 3.8) is 0 Å². The van der Waals surface area contributed by atoms with Gasteiger partial charge in [-0.25, -0.2) is 0 Å². The predicted octanol–water partition coefficient (Wildman–Crippen LogP) is 8.63. The molecule has 0 aliphatic rings. The highest BCUT2D eigenvalue weighted by atomic mass is 16.3. The fourth-order valence-electron chi connectivity index (χ4n) is 5.80. The topological polar surface area (TPSA) is 92.5 Å². The monoisotopic (exact) mass is 510 g/mol. The number of nitrogen functional groups attached to an aromatic ring is 2. The predicted molar refractivity (Wildman–Crippen MR) is 161 cm³/mol. The normalized spacial score (nSPS) is 13.9. The van der Waals surface area contributed by atoms with Gasteiger partial charge in [-0.3, -0.25) is 0 Å². The lowest BCUT2D eigenvalue weighted by Gasteiger charge is -2.41. The van der Waals surface area contributed by atoms with Crippen LogP contribution in [0.4, 0.5) is 11.4 Å². The summed E-state index contributed by atoms with van der Waals surface area (Å²) in [5.74, 6) is 0.250. The number of phenols is 2. The quantitative estimate of drug-likeness (QED) is 0.240. The van der Waals surface area contributed by atoms with E-state index >= 15 is 0 Å². The molecule has 0 aromatic heterocycles. The minimum Gasteiger partial charge on any atom is -0.505 e. The summed E-state index contributed by atoms with van der Waals surface area (Å²) in [4.78, 5) is 0. The number of hydrogen-bond acceptors (Lipinski definition) is 4. The second-order valence-corrected chi connectivity index (χ2v) is 16.1. The number of anilines is 2. The Bertz CT molecular complexity index is 1080. The zero-order chi connectivity index (χ0) is 29.3. The summed E-state index contributed by atoms with van der Waals surface area (Å²) in [5, 5.41) is 22.6. The van der Waals surface area contributed by atoms with Crippen molar-refractivity contribution in [2.75, 3.05) is 11.5 Å². The van der Waals surface area contributed by atoms with E-state index in [4.69, 9.17) is 11.5 Å². The molecule has 0 aliphatic heterocycles. The highest BCUT2D eigenvalue weighted by Gasteiger charge is 2.40. The van der Waals surface area contributed by atoms with Gasteiger partial charge in [0.05, 0.1) is 11.4 Å². The third-order valence-electron chi connectivity index (χ3n) is 7.34. The van der Waals surface area contributed by atoms with Crippen LogP contribution in [0.1, 0.15) is 143 Å². The molecule has 0 radical (unpaired) electrons. The van der Waals surface area contributed by atoms with E-state index in [0.717, 1.165) is 33.4 Å². The van der Waals surface area contributed by atoms with Crippen molar-refractivity contribution >= 4 is 11.4 Å². The SMILES string of the molecule is CC(C)(C)c1cc(C(c2cc(C(C)(C)C)c(O)c(N)c2C(C)(C)C)C(C)(C)C)c(C(C)(C)C)c(N)c1O. The molecule has 2 rings (SSSR count). The fourth-order valence-corrected chi connectivity index (χ4v) is 5.80. The molecule has 208 valence electrons. The smallest absolute Gasteiger partial charge is 0.142 e. The van der Waals surface area contributed by atoms with Crippen LogP contribution < -0.4 is 11.5 Å². The van der Waals surface area contributed by atoms with Crippen molar-refractivity contribution in [3.8, 4) is 11.5 Å². The maximum atomic E-state index is 11.3. The van der Waals surface area contributed by atoms with Crippen LogP contribution >= 0.6 is 0 Å². The summed E-state index contributed by atoms with van der Waals surface area (Å²) in [7, 11) is 0. The molecule has 2 aromatic carbocycles. The maximum Gasteiger partial charge on any atom is 0.142 e. The van der Waals surface area contributed by atoms with E-state index in [2.05, 4.69) is 116 Å². The number of rotatable bonds is 2. The lowest BCUT2D eigenvalue weighted by molar-refractivity contribution is 0.347. The summed E-state index contributed by atoms with van der Waals surface area (Å²) in [6.07, 6.45) is 0. The van der Waals surface area contributed by atoms with Crippen LogP contribution in [0.25, 0.3) is 0 Å². The van der Waals surface area contributed by atoms with Gasteiger partial charge in [0.15, 0.2) is 0 Å². The second kappa shape index (κ2) is 9.13. The van der Waals surface area contributed by atoms with Gasteiger partial charge in [0.1, 0.15) is 11.5 Å². The van der Waals surface area contributed by atoms with Crippen molar-refractivity contribution < 1.29 is 10.2 Å². The molecule has 0 unspecified atom stereocenters. The third-order valence-corrected chi connectivity index (χ3v) is 7.34. The Labute approximate surface area is 226 Å². The molecule has 0 amide bonds. The molecule has 37 heavy (non-hydrogen) atoms. The van der Waals surface area contributed by atoms with E-state index in [9.17, 15) is 10.2 Å². The Morgan fingerprint density at radius 1 is 0.514 bits per heavy atom. The number of aromatic hydroxyl groups is 2. The summed E-state index contributed by atoms with van der Waals surface area (Å²) >= 11 is 0.